The molecule has 1 amide bonds. The molecule has 2 aliphatic heterocycles. The number of carbonyl (C=O) groups excluding carboxylic acids is 1. The Labute approximate surface area is 157 Å². The van der Waals surface area contributed by atoms with Crippen molar-refractivity contribution in [2.75, 3.05) is 44.3 Å². The predicted octanol–water partition coefficient (Wildman–Crippen LogP) is 2.66. The Morgan fingerprint density at radius 1 is 1.27 bits per heavy atom. The van der Waals surface area contributed by atoms with Crippen LogP contribution in [-0.2, 0) is 4.74 Å². The number of thiazole rings is 1. The van der Waals surface area contributed by atoms with Crippen LogP contribution in [0.4, 0.5) is 5.13 Å². The first kappa shape index (κ1) is 17.3. The summed E-state index contributed by atoms with van der Waals surface area (Å²) in [5, 5.41) is 3.01. The number of amides is 1. The third-order valence-electron chi connectivity index (χ3n) is 4.82. The molecule has 2 aromatic rings. The monoisotopic (exact) mass is 373 g/mol. The minimum absolute atomic E-state index is 0.0340. The lowest BCUT2D eigenvalue weighted by Crippen LogP contribution is -2.48. The zero-order chi connectivity index (χ0) is 17.8. The van der Waals surface area contributed by atoms with Crippen LogP contribution in [0.1, 0.15) is 23.2 Å². The quantitative estimate of drug-likeness (QED) is 0.807. The van der Waals surface area contributed by atoms with Gasteiger partial charge in [-0.2, -0.15) is 0 Å². The van der Waals surface area contributed by atoms with Gasteiger partial charge in [-0.3, -0.25) is 4.79 Å². The number of nitrogens with zero attached hydrogens (tertiary/aromatic N) is 3. The maximum atomic E-state index is 13.0. The number of benzene rings is 1. The van der Waals surface area contributed by atoms with E-state index in [0.29, 0.717) is 31.0 Å². The number of ether oxygens (including phenoxy) is 2. The molecule has 0 bridgehead atoms. The molecule has 1 aromatic carbocycles. The maximum absolute atomic E-state index is 13.0. The lowest BCUT2D eigenvalue weighted by atomic mass is 10.1. The molecule has 26 heavy (non-hydrogen) atoms. The molecule has 138 valence electrons. The first-order chi connectivity index (χ1) is 12.8. The van der Waals surface area contributed by atoms with Gasteiger partial charge in [-0.05, 0) is 25.0 Å². The van der Waals surface area contributed by atoms with E-state index < -0.39 is 0 Å². The number of rotatable bonds is 5. The molecule has 1 atom stereocenters. The van der Waals surface area contributed by atoms with Gasteiger partial charge in [0, 0.05) is 44.4 Å². The van der Waals surface area contributed by atoms with Crippen molar-refractivity contribution >= 4 is 22.4 Å². The summed E-state index contributed by atoms with van der Waals surface area (Å²) in [6.45, 7) is 4.30. The van der Waals surface area contributed by atoms with Crippen LogP contribution in [-0.4, -0.2) is 61.3 Å². The Hall–Kier alpha value is -2.12. The molecule has 2 saturated heterocycles. The van der Waals surface area contributed by atoms with Gasteiger partial charge in [-0.1, -0.05) is 12.1 Å². The number of anilines is 1. The Morgan fingerprint density at radius 3 is 2.85 bits per heavy atom. The van der Waals surface area contributed by atoms with Gasteiger partial charge in [-0.15, -0.1) is 11.3 Å². The van der Waals surface area contributed by atoms with Crippen LogP contribution in [0.3, 0.4) is 0 Å². The summed E-state index contributed by atoms with van der Waals surface area (Å²) in [6.07, 6.45) is 4.06. The van der Waals surface area contributed by atoms with Crippen molar-refractivity contribution in [2.45, 2.75) is 18.9 Å². The largest absolute Gasteiger partial charge is 0.490 e. The van der Waals surface area contributed by atoms with E-state index in [4.69, 9.17) is 9.47 Å². The van der Waals surface area contributed by atoms with Crippen LogP contribution in [0.15, 0.2) is 35.8 Å². The van der Waals surface area contributed by atoms with Crippen molar-refractivity contribution in [2.24, 2.45) is 0 Å². The van der Waals surface area contributed by atoms with Gasteiger partial charge in [0.25, 0.3) is 5.91 Å². The molecule has 0 radical (unpaired) electrons. The highest BCUT2D eigenvalue weighted by Gasteiger charge is 2.25. The van der Waals surface area contributed by atoms with Gasteiger partial charge < -0.3 is 19.3 Å². The van der Waals surface area contributed by atoms with E-state index in [0.717, 1.165) is 37.7 Å². The highest BCUT2D eigenvalue weighted by Crippen LogP contribution is 2.24. The molecule has 6 nitrogen and oxygen atoms in total. The third kappa shape index (κ3) is 3.83. The van der Waals surface area contributed by atoms with E-state index in [1.165, 1.54) is 0 Å². The molecule has 0 saturated carbocycles. The second-order valence-corrected chi connectivity index (χ2v) is 7.41. The van der Waals surface area contributed by atoms with Gasteiger partial charge in [0.2, 0.25) is 0 Å². The normalized spacial score (nSPS) is 20.4. The summed E-state index contributed by atoms with van der Waals surface area (Å²) in [4.78, 5) is 21.5. The summed E-state index contributed by atoms with van der Waals surface area (Å²) < 4.78 is 11.5. The Balaban J connectivity index is 1.38. The molecule has 1 aromatic heterocycles. The topological polar surface area (TPSA) is 54.9 Å². The SMILES string of the molecule is O=C(c1ccccc1OCC1CCCO1)N1CCN(c2nccs2)CC1. The second-order valence-electron chi connectivity index (χ2n) is 6.54. The highest BCUT2D eigenvalue weighted by atomic mass is 32.1. The van der Waals surface area contributed by atoms with E-state index in [-0.39, 0.29) is 12.0 Å². The van der Waals surface area contributed by atoms with Crippen molar-refractivity contribution < 1.29 is 14.3 Å². The van der Waals surface area contributed by atoms with Crippen molar-refractivity contribution in [3.8, 4) is 5.75 Å². The van der Waals surface area contributed by atoms with Crippen molar-refractivity contribution in [3.05, 3.63) is 41.4 Å². The average Bonchev–Trinajstić information content (AvgIpc) is 3.40. The highest BCUT2D eigenvalue weighted by molar-refractivity contribution is 7.13. The van der Waals surface area contributed by atoms with Crippen molar-refractivity contribution in [3.63, 3.8) is 0 Å². The van der Waals surface area contributed by atoms with Crippen LogP contribution < -0.4 is 9.64 Å². The van der Waals surface area contributed by atoms with Gasteiger partial charge in [0.05, 0.1) is 11.7 Å². The molecule has 1 unspecified atom stereocenters. The van der Waals surface area contributed by atoms with Crippen LogP contribution in [0.2, 0.25) is 0 Å². The van der Waals surface area contributed by atoms with Crippen LogP contribution in [0.25, 0.3) is 0 Å². The van der Waals surface area contributed by atoms with Crippen molar-refractivity contribution in [1.82, 2.24) is 9.88 Å². The number of piperazine rings is 1. The molecule has 0 spiro atoms. The molecule has 2 fully saturated rings. The van der Waals surface area contributed by atoms with Gasteiger partial charge in [0.1, 0.15) is 12.4 Å². The van der Waals surface area contributed by atoms with E-state index in [1.54, 1.807) is 11.3 Å². The van der Waals surface area contributed by atoms with Crippen LogP contribution >= 0.6 is 11.3 Å². The van der Waals surface area contributed by atoms with Gasteiger partial charge >= 0.3 is 0 Å². The first-order valence-electron chi connectivity index (χ1n) is 9.08. The fourth-order valence-corrected chi connectivity index (χ4v) is 4.07. The number of carbonyl (C=O) groups is 1. The average molecular weight is 373 g/mol. The molecule has 0 aliphatic carbocycles. The number of hydrogen-bond acceptors (Lipinski definition) is 6. The Bertz CT molecular complexity index is 723. The van der Waals surface area contributed by atoms with Gasteiger partial charge in [0.15, 0.2) is 5.13 Å². The van der Waals surface area contributed by atoms with Crippen LogP contribution in [0, 0.1) is 0 Å². The minimum atomic E-state index is 0.0340. The molecular weight excluding hydrogens is 350 g/mol. The molecule has 3 heterocycles. The molecule has 4 rings (SSSR count). The van der Waals surface area contributed by atoms with E-state index in [2.05, 4.69) is 9.88 Å². The van der Waals surface area contributed by atoms with Crippen LogP contribution in [0.5, 0.6) is 5.75 Å². The van der Waals surface area contributed by atoms with E-state index in [9.17, 15) is 4.79 Å². The lowest BCUT2D eigenvalue weighted by Gasteiger charge is -2.34. The molecule has 2 aliphatic rings. The summed E-state index contributed by atoms with van der Waals surface area (Å²) in [7, 11) is 0. The maximum Gasteiger partial charge on any atom is 0.257 e. The molecule has 7 heteroatoms. The Kier molecular flexibility index (Phi) is 5.36. The Morgan fingerprint density at radius 2 is 2.12 bits per heavy atom. The third-order valence-corrected chi connectivity index (χ3v) is 5.66. The zero-order valence-electron chi connectivity index (χ0n) is 14.7. The fraction of sp³-hybridized carbons (Fsp3) is 0.474. The smallest absolute Gasteiger partial charge is 0.257 e. The fourth-order valence-electron chi connectivity index (χ4n) is 3.37. The number of aromatic nitrogens is 1. The first-order valence-corrected chi connectivity index (χ1v) is 9.96. The zero-order valence-corrected chi connectivity index (χ0v) is 15.5. The predicted molar refractivity (Wildman–Crippen MR) is 101 cm³/mol. The summed E-state index contributed by atoms with van der Waals surface area (Å²) in [5.41, 5.74) is 0.633. The van der Waals surface area contributed by atoms with Gasteiger partial charge in [-0.25, -0.2) is 4.98 Å². The number of hydrogen-bond donors (Lipinski definition) is 0. The lowest BCUT2D eigenvalue weighted by molar-refractivity contribution is 0.0648. The van der Waals surface area contributed by atoms with E-state index >= 15 is 0 Å². The number of para-hydroxylation sites is 1. The van der Waals surface area contributed by atoms with E-state index in [1.807, 2.05) is 40.7 Å². The summed E-state index contributed by atoms with van der Waals surface area (Å²) in [5.74, 6) is 0.682. The molecule has 0 N–H and O–H groups in total. The second kappa shape index (κ2) is 8.05. The summed E-state index contributed by atoms with van der Waals surface area (Å²) in [6, 6.07) is 7.51. The minimum Gasteiger partial charge on any atom is -0.490 e. The summed E-state index contributed by atoms with van der Waals surface area (Å²) >= 11 is 1.64. The molecular formula is C19H23N3O3S. The van der Waals surface area contributed by atoms with Crippen molar-refractivity contribution in [1.29, 1.82) is 0 Å². The standard InChI is InChI=1S/C19H23N3O3S/c23-18(21-8-10-22(11-9-21)19-20-7-13-26-19)16-5-1-2-6-17(16)25-14-15-4-3-12-24-15/h1-2,5-7,13,15H,3-4,8-12,14H2.